The molecule has 1 heterocycles. The zero-order chi connectivity index (χ0) is 21.8. The molecule has 0 aliphatic carbocycles. The van der Waals surface area contributed by atoms with Crippen LogP contribution in [0.2, 0.25) is 5.02 Å². The minimum absolute atomic E-state index is 0.145. The lowest BCUT2D eigenvalue weighted by Crippen LogP contribution is -2.14. The second-order valence-corrected chi connectivity index (χ2v) is 7.99. The first-order valence-electron chi connectivity index (χ1n) is 8.96. The smallest absolute Gasteiger partial charge is 0.341 e. The summed E-state index contributed by atoms with van der Waals surface area (Å²) in [6.45, 7) is 3.59. The highest BCUT2D eigenvalue weighted by Gasteiger charge is 2.26. The van der Waals surface area contributed by atoms with Crippen LogP contribution in [-0.2, 0) is 4.74 Å². The number of ether oxygens (including phenoxy) is 1. The van der Waals surface area contributed by atoms with Gasteiger partial charge in [-0.15, -0.1) is 11.3 Å². The molecule has 6 nitrogen and oxygen atoms in total. The standard InChI is InChI=1S/C22H19ClN2O4S/c1-12-7-9-16(10-8-12)24-20(27)18-13(2)17(22(28)29-3)21(30-18)25-19(26)14-5-4-6-15(23)11-14/h4-11H,1-3H3,(H,24,27)(H,25,26). The van der Waals surface area contributed by atoms with Crippen LogP contribution >= 0.6 is 22.9 Å². The van der Waals surface area contributed by atoms with Crippen molar-refractivity contribution in [1.29, 1.82) is 0 Å². The van der Waals surface area contributed by atoms with Gasteiger partial charge < -0.3 is 15.4 Å². The third-order valence-corrected chi connectivity index (χ3v) is 5.81. The van der Waals surface area contributed by atoms with Crippen molar-refractivity contribution < 1.29 is 19.1 Å². The molecule has 0 saturated heterocycles. The van der Waals surface area contributed by atoms with Crippen LogP contribution in [0.4, 0.5) is 10.7 Å². The molecule has 2 N–H and O–H groups in total. The van der Waals surface area contributed by atoms with Gasteiger partial charge in [-0.3, -0.25) is 9.59 Å². The Hall–Kier alpha value is -3.16. The number of thiophene rings is 1. The Balaban J connectivity index is 1.93. The molecule has 3 rings (SSSR count). The summed E-state index contributed by atoms with van der Waals surface area (Å²) < 4.78 is 4.85. The SMILES string of the molecule is COC(=O)c1c(NC(=O)c2cccc(Cl)c2)sc(C(=O)Nc2ccc(C)cc2)c1C. The number of esters is 1. The lowest BCUT2D eigenvalue weighted by Gasteiger charge is -2.06. The first kappa shape index (κ1) is 21.5. The van der Waals surface area contributed by atoms with E-state index >= 15 is 0 Å². The summed E-state index contributed by atoms with van der Waals surface area (Å²) in [5.41, 5.74) is 2.60. The van der Waals surface area contributed by atoms with Gasteiger partial charge in [-0.2, -0.15) is 0 Å². The van der Waals surface area contributed by atoms with Crippen molar-refractivity contribution in [3.8, 4) is 0 Å². The van der Waals surface area contributed by atoms with Crippen LogP contribution in [-0.4, -0.2) is 24.9 Å². The van der Waals surface area contributed by atoms with Crippen LogP contribution < -0.4 is 10.6 Å². The summed E-state index contributed by atoms with van der Waals surface area (Å²) in [5, 5.41) is 6.15. The number of benzene rings is 2. The minimum Gasteiger partial charge on any atom is -0.465 e. The van der Waals surface area contributed by atoms with Gasteiger partial charge in [0, 0.05) is 16.3 Å². The summed E-state index contributed by atoms with van der Waals surface area (Å²) >= 11 is 6.96. The second kappa shape index (κ2) is 9.11. The Kier molecular flexibility index (Phi) is 6.54. The first-order chi connectivity index (χ1) is 14.3. The number of amides is 2. The fourth-order valence-corrected chi connectivity index (χ4v) is 4.07. The Bertz CT molecular complexity index is 1120. The molecule has 2 aromatic carbocycles. The van der Waals surface area contributed by atoms with Crippen molar-refractivity contribution in [2.75, 3.05) is 17.7 Å². The lowest BCUT2D eigenvalue weighted by molar-refractivity contribution is 0.0601. The maximum absolute atomic E-state index is 12.8. The molecule has 0 fully saturated rings. The molecule has 0 spiro atoms. The van der Waals surface area contributed by atoms with E-state index in [0.717, 1.165) is 16.9 Å². The van der Waals surface area contributed by atoms with Crippen molar-refractivity contribution in [2.24, 2.45) is 0 Å². The highest BCUT2D eigenvalue weighted by atomic mass is 35.5. The molecular formula is C22H19ClN2O4S. The van der Waals surface area contributed by atoms with Crippen molar-refractivity contribution in [3.05, 3.63) is 80.7 Å². The van der Waals surface area contributed by atoms with Crippen molar-refractivity contribution in [1.82, 2.24) is 0 Å². The fraction of sp³-hybridized carbons (Fsp3) is 0.136. The Morgan fingerprint density at radius 1 is 0.967 bits per heavy atom. The van der Waals surface area contributed by atoms with Gasteiger partial charge in [0.25, 0.3) is 11.8 Å². The Morgan fingerprint density at radius 3 is 2.30 bits per heavy atom. The molecule has 8 heteroatoms. The molecule has 2 amide bonds. The monoisotopic (exact) mass is 442 g/mol. The van der Waals surface area contributed by atoms with E-state index in [4.69, 9.17) is 16.3 Å². The molecule has 0 aliphatic rings. The van der Waals surface area contributed by atoms with E-state index in [9.17, 15) is 14.4 Å². The van der Waals surface area contributed by atoms with Gasteiger partial charge in [-0.05, 0) is 49.7 Å². The summed E-state index contributed by atoms with van der Waals surface area (Å²) in [5.74, 6) is -1.47. The van der Waals surface area contributed by atoms with E-state index < -0.39 is 11.9 Å². The van der Waals surface area contributed by atoms with Gasteiger partial charge in [-0.25, -0.2) is 4.79 Å². The number of halogens is 1. The number of rotatable bonds is 5. The summed E-state index contributed by atoms with van der Waals surface area (Å²) in [6, 6.07) is 13.8. The van der Waals surface area contributed by atoms with E-state index in [1.54, 1.807) is 37.3 Å². The molecule has 1 aromatic heterocycles. The lowest BCUT2D eigenvalue weighted by atomic mass is 10.1. The maximum atomic E-state index is 12.8. The van der Waals surface area contributed by atoms with Gasteiger partial charge >= 0.3 is 5.97 Å². The Labute approximate surface area is 182 Å². The van der Waals surface area contributed by atoms with Gasteiger partial charge in [0.2, 0.25) is 0 Å². The van der Waals surface area contributed by atoms with Crippen LogP contribution in [0.5, 0.6) is 0 Å². The number of carbonyl (C=O) groups is 3. The molecular weight excluding hydrogens is 424 g/mol. The fourth-order valence-electron chi connectivity index (χ4n) is 2.80. The molecule has 0 unspecified atom stereocenters. The predicted molar refractivity (Wildman–Crippen MR) is 119 cm³/mol. The number of methoxy groups -OCH3 is 1. The topological polar surface area (TPSA) is 84.5 Å². The number of carbonyl (C=O) groups excluding carboxylic acids is 3. The first-order valence-corrected chi connectivity index (χ1v) is 10.2. The number of hydrogen-bond acceptors (Lipinski definition) is 5. The highest BCUT2D eigenvalue weighted by Crippen LogP contribution is 2.34. The predicted octanol–water partition coefficient (Wildman–Crippen LogP) is 5.31. The summed E-state index contributed by atoms with van der Waals surface area (Å²) in [7, 11) is 1.24. The van der Waals surface area contributed by atoms with E-state index in [2.05, 4.69) is 10.6 Å². The van der Waals surface area contributed by atoms with E-state index in [1.165, 1.54) is 13.2 Å². The van der Waals surface area contributed by atoms with E-state index in [1.807, 2.05) is 19.1 Å². The second-order valence-electron chi connectivity index (χ2n) is 6.54. The zero-order valence-corrected chi connectivity index (χ0v) is 18.1. The number of hydrogen-bond donors (Lipinski definition) is 2. The van der Waals surface area contributed by atoms with Crippen molar-refractivity contribution in [2.45, 2.75) is 13.8 Å². The average molecular weight is 443 g/mol. The zero-order valence-electron chi connectivity index (χ0n) is 16.5. The number of anilines is 2. The summed E-state index contributed by atoms with van der Waals surface area (Å²) in [6.07, 6.45) is 0. The van der Waals surface area contributed by atoms with E-state index in [0.29, 0.717) is 26.7 Å². The van der Waals surface area contributed by atoms with Crippen LogP contribution in [0.25, 0.3) is 0 Å². The molecule has 0 bridgehead atoms. The van der Waals surface area contributed by atoms with Crippen LogP contribution in [0.3, 0.4) is 0 Å². The maximum Gasteiger partial charge on any atom is 0.341 e. The quantitative estimate of drug-likeness (QED) is 0.524. The van der Waals surface area contributed by atoms with Gasteiger partial charge in [0.1, 0.15) is 5.00 Å². The summed E-state index contributed by atoms with van der Waals surface area (Å²) in [4.78, 5) is 38.1. The molecule has 30 heavy (non-hydrogen) atoms. The molecule has 3 aromatic rings. The third kappa shape index (κ3) is 4.69. The molecule has 154 valence electrons. The Morgan fingerprint density at radius 2 is 1.67 bits per heavy atom. The van der Waals surface area contributed by atoms with Crippen LogP contribution in [0.1, 0.15) is 41.5 Å². The van der Waals surface area contributed by atoms with Crippen LogP contribution in [0.15, 0.2) is 48.5 Å². The number of aryl methyl sites for hydroxylation is 1. The number of nitrogens with one attached hydrogen (secondary N) is 2. The average Bonchev–Trinajstić information content (AvgIpc) is 3.05. The molecule has 0 saturated carbocycles. The molecule has 0 atom stereocenters. The molecule has 0 aliphatic heterocycles. The highest BCUT2D eigenvalue weighted by molar-refractivity contribution is 7.19. The van der Waals surface area contributed by atoms with E-state index in [-0.39, 0.29) is 16.5 Å². The van der Waals surface area contributed by atoms with Crippen molar-refractivity contribution in [3.63, 3.8) is 0 Å². The third-order valence-electron chi connectivity index (χ3n) is 4.37. The van der Waals surface area contributed by atoms with Gasteiger partial charge in [0.05, 0.1) is 17.6 Å². The van der Waals surface area contributed by atoms with Gasteiger partial charge in [-0.1, -0.05) is 35.4 Å². The normalized spacial score (nSPS) is 10.4. The molecule has 0 radical (unpaired) electrons. The van der Waals surface area contributed by atoms with Crippen LogP contribution in [0, 0.1) is 13.8 Å². The largest absolute Gasteiger partial charge is 0.465 e. The van der Waals surface area contributed by atoms with Crippen molar-refractivity contribution >= 4 is 51.4 Å². The minimum atomic E-state index is -0.639. The van der Waals surface area contributed by atoms with Gasteiger partial charge in [0.15, 0.2) is 0 Å².